The van der Waals surface area contributed by atoms with Crippen molar-refractivity contribution in [1.82, 2.24) is 10.2 Å². The lowest BCUT2D eigenvalue weighted by atomic mass is 9.94. The van der Waals surface area contributed by atoms with Gasteiger partial charge in [0.05, 0.1) is 12.5 Å². The largest absolute Gasteiger partial charge is 0.480 e. The quantitative estimate of drug-likeness (QED) is 0.693. The van der Waals surface area contributed by atoms with E-state index < -0.39 is 29.4 Å². The van der Waals surface area contributed by atoms with Gasteiger partial charge in [0.2, 0.25) is 0 Å². The molecule has 0 aliphatic rings. The summed E-state index contributed by atoms with van der Waals surface area (Å²) in [7, 11) is 2.64. The fraction of sp³-hybridized carbons (Fsp3) is 0.727. The summed E-state index contributed by atoms with van der Waals surface area (Å²) in [6.07, 6.45) is 0. The van der Waals surface area contributed by atoms with Crippen molar-refractivity contribution in [2.24, 2.45) is 5.41 Å². The monoisotopic (exact) mass is 260 g/mol. The average molecular weight is 260 g/mol. The number of nitrogens with one attached hydrogen (secondary N) is 1. The summed E-state index contributed by atoms with van der Waals surface area (Å²) < 4.78 is 4.60. The average Bonchev–Trinajstić information content (AvgIpc) is 2.32. The molecule has 104 valence electrons. The first-order chi connectivity index (χ1) is 8.13. The van der Waals surface area contributed by atoms with E-state index in [9.17, 15) is 14.4 Å². The van der Waals surface area contributed by atoms with Gasteiger partial charge in [0.25, 0.3) is 0 Å². The fourth-order valence-corrected chi connectivity index (χ4v) is 1.11. The smallest absolute Gasteiger partial charge is 0.326 e. The van der Waals surface area contributed by atoms with Crippen LogP contribution in [0.25, 0.3) is 0 Å². The van der Waals surface area contributed by atoms with Gasteiger partial charge in [0.1, 0.15) is 6.04 Å². The molecule has 0 aromatic heterocycles. The normalized spacial score (nSPS) is 12.5. The molecule has 1 atom stereocenters. The Hall–Kier alpha value is -1.79. The predicted molar refractivity (Wildman–Crippen MR) is 64.1 cm³/mol. The number of carboxylic acids is 1. The maximum absolute atomic E-state index is 11.6. The fourth-order valence-electron chi connectivity index (χ4n) is 1.11. The molecule has 1 unspecified atom stereocenters. The maximum Gasteiger partial charge on any atom is 0.326 e. The number of carbonyl (C=O) groups excluding carboxylic acids is 2. The van der Waals surface area contributed by atoms with E-state index in [1.807, 2.05) is 0 Å². The van der Waals surface area contributed by atoms with Gasteiger partial charge in [0, 0.05) is 13.6 Å². The lowest BCUT2D eigenvalue weighted by Gasteiger charge is -2.26. The van der Waals surface area contributed by atoms with E-state index >= 15 is 0 Å². The number of methoxy groups -OCH3 is 1. The first-order valence-corrected chi connectivity index (χ1v) is 5.45. The van der Waals surface area contributed by atoms with E-state index in [1.54, 1.807) is 13.8 Å². The Labute approximate surface area is 106 Å². The molecule has 0 fully saturated rings. The zero-order valence-electron chi connectivity index (χ0n) is 11.3. The zero-order chi connectivity index (χ0) is 14.5. The van der Waals surface area contributed by atoms with Crippen molar-refractivity contribution < 1.29 is 24.2 Å². The summed E-state index contributed by atoms with van der Waals surface area (Å²) >= 11 is 0. The Balaban J connectivity index is 4.43. The first kappa shape index (κ1) is 16.2. The number of amides is 2. The van der Waals surface area contributed by atoms with Gasteiger partial charge < -0.3 is 20.1 Å². The van der Waals surface area contributed by atoms with Crippen LogP contribution in [0.2, 0.25) is 0 Å². The van der Waals surface area contributed by atoms with Crippen molar-refractivity contribution in [1.29, 1.82) is 0 Å². The third-order valence-corrected chi connectivity index (χ3v) is 2.68. The number of likely N-dealkylation sites (N-methyl/N-ethyl adjacent to an activating group) is 1. The van der Waals surface area contributed by atoms with E-state index in [2.05, 4.69) is 10.1 Å². The second-order valence-corrected chi connectivity index (χ2v) is 4.66. The minimum Gasteiger partial charge on any atom is -0.480 e. The second kappa shape index (κ2) is 6.23. The Bertz CT molecular complexity index is 340. The number of urea groups is 1. The van der Waals surface area contributed by atoms with Crippen molar-refractivity contribution in [3.63, 3.8) is 0 Å². The molecule has 2 amide bonds. The molecule has 0 aliphatic heterocycles. The van der Waals surface area contributed by atoms with E-state index in [1.165, 1.54) is 21.1 Å². The molecule has 0 aliphatic carbocycles. The van der Waals surface area contributed by atoms with Crippen LogP contribution in [0.15, 0.2) is 0 Å². The highest BCUT2D eigenvalue weighted by Gasteiger charge is 2.30. The molecule has 0 saturated carbocycles. The van der Waals surface area contributed by atoms with Crippen LogP contribution in [0.4, 0.5) is 4.79 Å². The number of carbonyl (C=O) groups is 3. The summed E-state index contributed by atoms with van der Waals surface area (Å²) in [6, 6.07) is -1.49. The number of ether oxygens (including phenoxy) is 1. The van der Waals surface area contributed by atoms with Crippen LogP contribution in [0, 0.1) is 5.41 Å². The lowest BCUT2D eigenvalue weighted by molar-refractivity contribution is -0.150. The molecular weight excluding hydrogens is 240 g/mol. The van der Waals surface area contributed by atoms with E-state index in [-0.39, 0.29) is 6.54 Å². The molecule has 0 heterocycles. The molecule has 0 rings (SSSR count). The number of nitrogens with zero attached hydrogens (tertiary/aromatic N) is 1. The van der Waals surface area contributed by atoms with E-state index in [0.717, 1.165) is 4.90 Å². The van der Waals surface area contributed by atoms with Crippen LogP contribution in [0.1, 0.15) is 20.8 Å². The summed E-state index contributed by atoms with van der Waals surface area (Å²) in [5.74, 6) is -1.54. The molecule has 7 nitrogen and oxygen atoms in total. The highest BCUT2D eigenvalue weighted by atomic mass is 16.5. The molecule has 7 heteroatoms. The maximum atomic E-state index is 11.6. The second-order valence-electron chi connectivity index (χ2n) is 4.66. The van der Waals surface area contributed by atoms with Crippen LogP contribution in [0.3, 0.4) is 0 Å². The topological polar surface area (TPSA) is 95.9 Å². The van der Waals surface area contributed by atoms with Crippen molar-refractivity contribution in [2.45, 2.75) is 26.8 Å². The molecule has 0 radical (unpaired) electrons. The standard InChI is InChI=1S/C11H20N2O5/c1-7(8(14)15)13(4)10(17)12-6-11(2,3)9(16)18-5/h7H,6H2,1-5H3,(H,12,17)(H,14,15). The van der Waals surface area contributed by atoms with Gasteiger partial charge in [-0.25, -0.2) is 9.59 Å². The zero-order valence-corrected chi connectivity index (χ0v) is 11.3. The summed E-state index contributed by atoms with van der Waals surface area (Å²) in [4.78, 5) is 34.8. The number of hydrogen-bond acceptors (Lipinski definition) is 4. The molecule has 0 spiro atoms. The Kier molecular flexibility index (Phi) is 5.61. The summed E-state index contributed by atoms with van der Waals surface area (Å²) in [6.45, 7) is 4.71. The van der Waals surface area contributed by atoms with Gasteiger partial charge in [-0.15, -0.1) is 0 Å². The van der Waals surface area contributed by atoms with E-state index in [0.29, 0.717) is 0 Å². The van der Waals surface area contributed by atoms with Crippen LogP contribution in [0.5, 0.6) is 0 Å². The highest BCUT2D eigenvalue weighted by Crippen LogP contribution is 2.15. The first-order valence-electron chi connectivity index (χ1n) is 5.45. The third-order valence-electron chi connectivity index (χ3n) is 2.68. The Morgan fingerprint density at radius 2 is 1.89 bits per heavy atom. The van der Waals surface area contributed by atoms with Crippen molar-refractivity contribution in [3.05, 3.63) is 0 Å². The third kappa shape index (κ3) is 4.23. The van der Waals surface area contributed by atoms with Gasteiger partial charge in [0.15, 0.2) is 0 Å². The van der Waals surface area contributed by atoms with Gasteiger partial charge in [-0.1, -0.05) is 0 Å². The number of rotatable bonds is 5. The number of carboxylic acid groups (broad SMARTS) is 1. The summed E-state index contributed by atoms with van der Waals surface area (Å²) in [5.41, 5.74) is -0.863. The molecule has 0 aromatic rings. The number of aliphatic carboxylic acids is 1. The minimum atomic E-state index is -1.10. The SMILES string of the molecule is COC(=O)C(C)(C)CNC(=O)N(C)C(C)C(=O)O. The van der Waals surface area contributed by atoms with Gasteiger partial charge >= 0.3 is 18.0 Å². The van der Waals surface area contributed by atoms with Crippen LogP contribution in [-0.4, -0.2) is 54.7 Å². The molecule has 0 saturated heterocycles. The van der Waals surface area contributed by atoms with Crippen LogP contribution < -0.4 is 5.32 Å². The van der Waals surface area contributed by atoms with Gasteiger partial charge in [-0.3, -0.25) is 4.79 Å². The molecule has 2 N–H and O–H groups in total. The van der Waals surface area contributed by atoms with E-state index in [4.69, 9.17) is 5.11 Å². The molecule has 18 heavy (non-hydrogen) atoms. The van der Waals surface area contributed by atoms with Crippen molar-refractivity contribution in [2.75, 3.05) is 20.7 Å². The van der Waals surface area contributed by atoms with Gasteiger partial charge in [-0.2, -0.15) is 0 Å². The molecule has 0 bridgehead atoms. The minimum absolute atomic E-state index is 0.0647. The Morgan fingerprint density at radius 3 is 2.28 bits per heavy atom. The van der Waals surface area contributed by atoms with Crippen molar-refractivity contribution >= 4 is 18.0 Å². The van der Waals surface area contributed by atoms with Crippen LogP contribution >= 0.6 is 0 Å². The van der Waals surface area contributed by atoms with Crippen LogP contribution in [-0.2, 0) is 14.3 Å². The number of esters is 1. The highest BCUT2D eigenvalue weighted by molar-refractivity contribution is 5.83. The molecular formula is C11H20N2O5. The predicted octanol–water partition coefficient (Wildman–Crippen LogP) is 0.300. The van der Waals surface area contributed by atoms with Gasteiger partial charge in [-0.05, 0) is 20.8 Å². The number of hydrogen-bond donors (Lipinski definition) is 2. The Morgan fingerprint density at radius 1 is 1.39 bits per heavy atom. The molecule has 0 aromatic carbocycles. The van der Waals surface area contributed by atoms with Crippen molar-refractivity contribution in [3.8, 4) is 0 Å². The summed E-state index contributed by atoms with van der Waals surface area (Å²) in [5, 5.41) is 11.3. The lowest BCUT2D eigenvalue weighted by Crippen LogP contribution is -2.49.